The van der Waals surface area contributed by atoms with Crippen LogP contribution in [0.25, 0.3) is 0 Å². The van der Waals surface area contributed by atoms with E-state index in [-0.39, 0.29) is 29.0 Å². The third-order valence-corrected chi connectivity index (χ3v) is 2.93. The van der Waals surface area contributed by atoms with Crippen molar-refractivity contribution in [2.75, 3.05) is 12.3 Å². The molecule has 2 rings (SSSR count). The maximum atomic E-state index is 12.2. The van der Waals surface area contributed by atoms with E-state index in [1.54, 1.807) is 4.90 Å². The third-order valence-electron chi connectivity index (χ3n) is 2.93. The van der Waals surface area contributed by atoms with E-state index in [0.717, 1.165) is 19.0 Å². The van der Waals surface area contributed by atoms with Crippen molar-refractivity contribution in [3.63, 3.8) is 0 Å². The average molecular weight is 250 g/mol. The smallest absolute Gasteiger partial charge is 0.288 e. The van der Waals surface area contributed by atoms with E-state index < -0.39 is 4.92 Å². The molecule has 1 aromatic rings. The normalized spacial score (nSPS) is 14.3. The average Bonchev–Trinajstić information content (AvgIpc) is 3.14. The third kappa shape index (κ3) is 2.24. The van der Waals surface area contributed by atoms with Gasteiger partial charge < -0.3 is 10.6 Å². The number of aromatic nitrogens is 1. The summed E-state index contributed by atoms with van der Waals surface area (Å²) in [5, 5.41) is 10.7. The quantitative estimate of drug-likeness (QED) is 0.638. The monoisotopic (exact) mass is 250 g/mol. The van der Waals surface area contributed by atoms with Gasteiger partial charge in [0.2, 0.25) is 0 Å². The van der Waals surface area contributed by atoms with Crippen molar-refractivity contribution in [1.82, 2.24) is 9.88 Å². The van der Waals surface area contributed by atoms with Crippen LogP contribution in [-0.4, -0.2) is 33.3 Å². The second-order valence-electron chi connectivity index (χ2n) is 4.21. The fourth-order valence-electron chi connectivity index (χ4n) is 1.84. The first-order valence-corrected chi connectivity index (χ1v) is 5.75. The van der Waals surface area contributed by atoms with Gasteiger partial charge in [0.25, 0.3) is 11.6 Å². The molecule has 0 spiro atoms. The minimum absolute atomic E-state index is 0.0321. The molecule has 1 aliphatic rings. The fraction of sp³-hybridized carbons (Fsp3) is 0.455. The Hall–Kier alpha value is -2.18. The predicted molar refractivity (Wildman–Crippen MR) is 65.0 cm³/mol. The molecule has 0 aromatic carbocycles. The Morgan fingerprint density at radius 1 is 1.67 bits per heavy atom. The van der Waals surface area contributed by atoms with Crippen LogP contribution in [0.4, 0.5) is 11.5 Å². The molecule has 96 valence electrons. The summed E-state index contributed by atoms with van der Waals surface area (Å²) in [5.41, 5.74) is 5.51. The Labute approximate surface area is 104 Å². The second kappa shape index (κ2) is 4.59. The maximum Gasteiger partial charge on any atom is 0.288 e. The zero-order valence-electron chi connectivity index (χ0n) is 10.00. The van der Waals surface area contributed by atoms with Crippen molar-refractivity contribution in [1.29, 1.82) is 0 Å². The molecule has 1 fully saturated rings. The summed E-state index contributed by atoms with van der Waals surface area (Å²) in [6, 6.07) is 1.43. The van der Waals surface area contributed by atoms with E-state index in [0.29, 0.717) is 6.54 Å². The van der Waals surface area contributed by atoms with Crippen molar-refractivity contribution in [3.8, 4) is 0 Å². The number of nitro groups is 1. The van der Waals surface area contributed by atoms with E-state index in [2.05, 4.69) is 4.98 Å². The van der Waals surface area contributed by atoms with Gasteiger partial charge in [-0.25, -0.2) is 4.98 Å². The van der Waals surface area contributed by atoms with Crippen molar-refractivity contribution in [2.45, 2.75) is 25.8 Å². The summed E-state index contributed by atoms with van der Waals surface area (Å²) in [6.45, 7) is 2.43. The van der Waals surface area contributed by atoms with Gasteiger partial charge in [-0.15, -0.1) is 0 Å². The Bertz CT molecular complexity index is 499. The van der Waals surface area contributed by atoms with Gasteiger partial charge in [-0.3, -0.25) is 14.9 Å². The number of rotatable bonds is 4. The number of hydrogen-bond donors (Lipinski definition) is 1. The lowest BCUT2D eigenvalue weighted by atomic mass is 10.2. The minimum atomic E-state index is -0.587. The molecule has 7 nitrogen and oxygen atoms in total. The van der Waals surface area contributed by atoms with E-state index in [9.17, 15) is 14.9 Å². The first-order chi connectivity index (χ1) is 8.54. The second-order valence-corrected chi connectivity index (χ2v) is 4.21. The summed E-state index contributed by atoms with van der Waals surface area (Å²) < 4.78 is 0. The number of amides is 1. The van der Waals surface area contributed by atoms with E-state index >= 15 is 0 Å². The molecule has 1 amide bonds. The molecule has 0 aliphatic heterocycles. The minimum Gasteiger partial charge on any atom is -0.383 e. The lowest BCUT2D eigenvalue weighted by Gasteiger charge is -2.20. The maximum absolute atomic E-state index is 12.2. The Kier molecular flexibility index (Phi) is 3.14. The highest BCUT2D eigenvalue weighted by molar-refractivity contribution is 5.99. The van der Waals surface area contributed by atoms with Gasteiger partial charge >= 0.3 is 0 Å². The van der Waals surface area contributed by atoms with Gasteiger partial charge in [0, 0.05) is 18.7 Å². The van der Waals surface area contributed by atoms with Crippen LogP contribution < -0.4 is 5.73 Å². The SMILES string of the molecule is CCN(C(=O)c1cc([N+](=O)[O-])cnc1N)C1CC1. The molecule has 2 N–H and O–H groups in total. The number of hydrogen-bond acceptors (Lipinski definition) is 5. The number of carbonyl (C=O) groups excluding carboxylic acids is 1. The van der Waals surface area contributed by atoms with E-state index in [4.69, 9.17) is 5.73 Å². The molecule has 1 aliphatic carbocycles. The summed E-state index contributed by atoms with van der Waals surface area (Å²) in [6.07, 6.45) is 3.00. The number of nitrogens with two attached hydrogens (primary N) is 1. The van der Waals surface area contributed by atoms with Gasteiger partial charge in [-0.05, 0) is 19.8 Å². The number of anilines is 1. The zero-order valence-corrected chi connectivity index (χ0v) is 10.00. The van der Waals surface area contributed by atoms with Crippen LogP contribution in [0.15, 0.2) is 12.3 Å². The highest BCUT2D eigenvalue weighted by atomic mass is 16.6. The molecule has 0 unspecified atom stereocenters. The number of carbonyl (C=O) groups is 1. The standard InChI is InChI=1S/C11H14N4O3/c1-2-14(7-3-4-7)11(16)9-5-8(15(17)18)6-13-10(9)12/h5-7H,2-4H2,1H3,(H2,12,13). The van der Waals surface area contributed by atoms with Crippen LogP contribution in [0.3, 0.4) is 0 Å². The molecular weight excluding hydrogens is 236 g/mol. The summed E-state index contributed by atoms with van der Waals surface area (Å²) in [4.78, 5) is 27.7. The Morgan fingerprint density at radius 2 is 2.33 bits per heavy atom. The van der Waals surface area contributed by atoms with Crippen LogP contribution in [0.5, 0.6) is 0 Å². The van der Waals surface area contributed by atoms with Gasteiger partial charge in [0.05, 0.1) is 10.5 Å². The molecule has 1 heterocycles. The first-order valence-electron chi connectivity index (χ1n) is 5.75. The Morgan fingerprint density at radius 3 is 2.83 bits per heavy atom. The van der Waals surface area contributed by atoms with E-state index in [1.165, 1.54) is 6.07 Å². The molecule has 0 saturated heterocycles. The molecule has 7 heteroatoms. The molecular formula is C11H14N4O3. The van der Waals surface area contributed by atoms with Crippen molar-refractivity contribution in [3.05, 3.63) is 27.9 Å². The van der Waals surface area contributed by atoms with E-state index in [1.807, 2.05) is 6.92 Å². The largest absolute Gasteiger partial charge is 0.383 e. The van der Waals surface area contributed by atoms with Gasteiger partial charge in [0.1, 0.15) is 12.0 Å². The van der Waals surface area contributed by atoms with Crippen LogP contribution in [0.1, 0.15) is 30.1 Å². The van der Waals surface area contributed by atoms with Crippen LogP contribution in [-0.2, 0) is 0 Å². The van der Waals surface area contributed by atoms with Crippen LogP contribution in [0, 0.1) is 10.1 Å². The van der Waals surface area contributed by atoms with Crippen molar-refractivity contribution >= 4 is 17.4 Å². The Balaban J connectivity index is 2.33. The topological polar surface area (TPSA) is 102 Å². The molecule has 0 radical (unpaired) electrons. The summed E-state index contributed by atoms with van der Waals surface area (Å²) in [7, 11) is 0. The van der Waals surface area contributed by atoms with Crippen molar-refractivity contribution < 1.29 is 9.72 Å². The predicted octanol–water partition coefficient (Wildman–Crippen LogP) is 1.20. The lowest BCUT2D eigenvalue weighted by molar-refractivity contribution is -0.385. The fourth-order valence-corrected chi connectivity index (χ4v) is 1.84. The number of pyridine rings is 1. The zero-order chi connectivity index (χ0) is 13.3. The summed E-state index contributed by atoms with van der Waals surface area (Å²) in [5.74, 6) is -0.251. The molecule has 1 saturated carbocycles. The first kappa shape index (κ1) is 12.3. The van der Waals surface area contributed by atoms with Crippen molar-refractivity contribution in [2.24, 2.45) is 0 Å². The molecule has 0 bridgehead atoms. The highest BCUT2D eigenvalue weighted by Gasteiger charge is 2.33. The molecule has 18 heavy (non-hydrogen) atoms. The van der Waals surface area contributed by atoms with Gasteiger partial charge in [-0.1, -0.05) is 0 Å². The van der Waals surface area contributed by atoms with Gasteiger partial charge in [0.15, 0.2) is 0 Å². The highest BCUT2D eigenvalue weighted by Crippen LogP contribution is 2.29. The van der Waals surface area contributed by atoms with Gasteiger partial charge in [-0.2, -0.15) is 0 Å². The molecule has 0 atom stereocenters. The van der Waals surface area contributed by atoms with Crippen LogP contribution >= 0.6 is 0 Å². The lowest BCUT2D eigenvalue weighted by Crippen LogP contribution is -2.33. The summed E-state index contributed by atoms with van der Waals surface area (Å²) >= 11 is 0. The number of nitrogen functional groups attached to an aromatic ring is 1. The molecule has 1 aromatic heterocycles. The number of nitrogens with zero attached hydrogens (tertiary/aromatic N) is 3. The van der Waals surface area contributed by atoms with Crippen LogP contribution in [0.2, 0.25) is 0 Å².